The van der Waals surface area contributed by atoms with Gasteiger partial charge < -0.3 is 0 Å². The summed E-state index contributed by atoms with van der Waals surface area (Å²) in [5.41, 5.74) is -0.609. The Hall–Kier alpha value is -0.140. The molecule has 78 valence electrons. The van der Waals surface area contributed by atoms with Crippen molar-refractivity contribution in [2.75, 3.05) is 0 Å². The van der Waals surface area contributed by atoms with Gasteiger partial charge in [0, 0.05) is 11.8 Å². The quantitative estimate of drug-likeness (QED) is 0.608. The van der Waals surface area contributed by atoms with Crippen molar-refractivity contribution >= 4 is 0 Å². The first kappa shape index (κ1) is 10.9. The summed E-state index contributed by atoms with van der Waals surface area (Å²) in [5.74, 6) is -1.71. The maximum atomic E-state index is 13.0. The van der Waals surface area contributed by atoms with Crippen LogP contribution in [0.2, 0.25) is 0 Å². The summed E-state index contributed by atoms with van der Waals surface area (Å²) < 4.78 is 26.0. The standard InChI is InChI=1S/C11H20F2/c1-4-10(8-11(10,12)13)7-5-6-9(2)3/h9H,4-8H2,1-3H3. The van der Waals surface area contributed by atoms with Gasteiger partial charge in [-0.05, 0) is 18.8 Å². The predicted molar refractivity (Wildman–Crippen MR) is 51.0 cm³/mol. The number of halogens is 2. The third-order valence-electron chi connectivity index (χ3n) is 3.32. The zero-order valence-electron chi connectivity index (χ0n) is 8.87. The molecule has 1 aliphatic rings. The molecule has 0 aromatic heterocycles. The molecule has 0 aliphatic heterocycles. The van der Waals surface area contributed by atoms with Crippen molar-refractivity contribution in [1.29, 1.82) is 0 Å². The maximum Gasteiger partial charge on any atom is 0.254 e. The first-order valence-corrected chi connectivity index (χ1v) is 5.31. The van der Waals surface area contributed by atoms with Crippen molar-refractivity contribution in [3.05, 3.63) is 0 Å². The number of rotatable bonds is 5. The Balaban J connectivity index is 2.28. The Morgan fingerprint density at radius 2 is 1.85 bits per heavy atom. The minimum absolute atomic E-state index is 0.134. The van der Waals surface area contributed by atoms with E-state index in [2.05, 4.69) is 13.8 Å². The molecule has 13 heavy (non-hydrogen) atoms. The van der Waals surface area contributed by atoms with Crippen LogP contribution in [0.3, 0.4) is 0 Å². The topological polar surface area (TPSA) is 0 Å². The molecule has 1 atom stereocenters. The van der Waals surface area contributed by atoms with Crippen molar-refractivity contribution in [2.45, 2.75) is 58.8 Å². The molecule has 1 rings (SSSR count). The van der Waals surface area contributed by atoms with Crippen molar-refractivity contribution in [3.63, 3.8) is 0 Å². The third-order valence-corrected chi connectivity index (χ3v) is 3.32. The van der Waals surface area contributed by atoms with E-state index in [-0.39, 0.29) is 6.42 Å². The highest BCUT2D eigenvalue weighted by Crippen LogP contribution is 2.65. The fourth-order valence-electron chi connectivity index (χ4n) is 2.06. The van der Waals surface area contributed by atoms with Crippen LogP contribution in [0.1, 0.15) is 52.9 Å². The second-order valence-corrected chi connectivity index (χ2v) is 4.80. The summed E-state index contributed by atoms with van der Waals surface area (Å²) in [7, 11) is 0. The molecule has 0 spiro atoms. The van der Waals surface area contributed by atoms with Gasteiger partial charge in [-0.25, -0.2) is 8.78 Å². The van der Waals surface area contributed by atoms with E-state index in [4.69, 9.17) is 0 Å². The van der Waals surface area contributed by atoms with Gasteiger partial charge >= 0.3 is 0 Å². The SMILES string of the molecule is CCC1(CCCC(C)C)CC1(F)F. The van der Waals surface area contributed by atoms with Crippen LogP contribution in [0.5, 0.6) is 0 Å². The highest BCUT2D eigenvalue weighted by Gasteiger charge is 2.68. The fraction of sp³-hybridized carbons (Fsp3) is 1.00. The van der Waals surface area contributed by atoms with Crippen LogP contribution in [-0.2, 0) is 0 Å². The lowest BCUT2D eigenvalue weighted by Crippen LogP contribution is -2.10. The van der Waals surface area contributed by atoms with Gasteiger partial charge in [-0.2, -0.15) is 0 Å². The molecular formula is C11H20F2. The van der Waals surface area contributed by atoms with E-state index in [0.717, 1.165) is 12.8 Å². The van der Waals surface area contributed by atoms with Gasteiger partial charge in [0.15, 0.2) is 0 Å². The molecule has 0 nitrogen and oxygen atoms in total. The Morgan fingerprint density at radius 1 is 1.31 bits per heavy atom. The van der Waals surface area contributed by atoms with Crippen molar-refractivity contribution in [3.8, 4) is 0 Å². The van der Waals surface area contributed by atoms with E-state index in [1.807, 2.05) is 6.92 Å². The molecular weight excluding hydrogens is 170 g/mol. The molecule has 0 aromatic rings. The molecule has 0 radical (unpaired) electrons. The van der Waals surface area contributed by atoms with Gasteiger partial charge in [0.1, 0.15) is 0 Å². The molecule has 1 saturated carbocycles. The number of hydrogen-bond donors (Lipinski definition) is 0. The third kappa shape index (κ3) is 2.21. The molecule has 2 heteroatoms. The number of alkyl halides is 2. The lowest BCUT2D eigenvalue weighted by molar-refractivity contribution is 0.0571. The predicted octanol–water partition coefficient (Wildman–Crippen LogP) is 4.25. The zero-order valence-corrected chi connectivity index (χ0v) is 8.87. The van der Waals surface area contributed by atoms with Crippen molar-refractivity contribution in [1.82, 2.24) is 0 Å². The normalized spacial score (nSPS) is 30.9. The lowest BCUT2D eigenvalue weighted by Gasteiger charge is -2.14. The van der Waals surface area contributed by atoms with Crippen LogP contribution in [0.15, 0.2) is 0 Å². The monoisotopic (exact) mass is 190 g/mol. The van der Waals surface area contributed by atoms with Gasteiger partial charge in [-0.15, -0.1) is 0 Å². The molecule has 0 saturated heterocycles. The molecule has 1 fully saturated rings. The summed E-state index contributed by atoms with van der Waals surface area (Å²) in [5, 5.41) is 0. The largest absolute Gasteiger partial charge is 0.254 e. The van der Waals surface area contributed by atoms with Gasteiger partial charge in [0.2, 0.25) is 0 Å². The molecule has 0 heterocycles. The minimum atomic E-state index is -2.35. The van der Waals surface area contributed by atoms with Gasteiger partial charge in [0.25, 0.3) is 5.92 Å². The second kappa shape index (κ2) is 3.55. The lowest BCUT2D eigenvalue weighted by atomic mass is 9.93. The minimum Gasteiger partial charge on any atom is -0.206 e. The van der Waals surface area contributed by atoms with E-state index in [1.165, 1.54) is 0 Å². The summed E-state index contributed by atoms with van der Waals surface area (Å²) in [6, 6.07) is 0. The molecule has 1 aliphatic carbocycles. The van der Waals surface area contributed by atoms with Crippen LogP contribution in [0.25, 0.3) is 0 Å². The van der Waals surface area contributed by atoms with E-state index in [1.54, 1.807) is 0 Å². The van der Waals surface area contributed by atoms with Crippen LogP contribution < -0.4 is 0 Å². The highest BCUT2D eigenvalue weighted by molar-refractivity contribution is 5.08. The first-order chi connectivity index (χ1) is 5.93. The Labute approximate surface area is 79.7 Å². The first-order valence-electron chi connectivity index (χ1n) is 5.31. The Bertz CT molecular complexity index is 175. The van der Waals surface area contributed by atoms with Crippen LogP contribution in [0.4, 0.5) is 8.78 Å². The van der Waals surface area contributed by atoms with E-state index >= 15 is 0 Å². The molecule has 0 bridgehead atoms. The maximum absolute atomic E-state index is 13.0. The Morgan fingerprint density at radius 3 is 2.15 bits per heavy atom. The van der Waals surface area contributed by atoms with Crippen molar-refractivity contribution in [2.24, 2.45) is 11.3 Å². The van der Waals surface area contributed by atoms with Gasteiger partial charge in [-0.1, -0.05) is 33.6 Å². The van der Waals surface area contributed by atoms with E-state index in [0.29, 0.717) is 18.8 Å². The average molecular weight is 190 g/mol. The summed E-state index contributed by atoms with van der Waals surface area (Å²) in [4.78, 5) is 0. The van der Waals surface area contributed by atoms with E-state index in [9.17, 15) is 8.78 Å². The zero-order chi connectivity index (χ0) is 10.1. The average Bonchev–Trinajstić information content (AvgIpc) is 2.53. The molecule has 0 aromatic carbocycles. The summed E-state index contributed by atoms with van der Waals surface area (Å²) >= 11 is 0. The Kier molecular flexibility index (Phi) is 2.98. The van der Waals surface area contributed by atoms with Crippen LogP contribution in [0, 0.1) is 11.3 Å². The highest BCUT2D eigenvalue weighted by atomic mass is 19.3. The number of hydrogen-bond acceptors (Lipinski definition) is 0. The fourth-order valence-corrected chi connectivity index (χ4v) is 2.06. The molecule has 1 unspecified atom stereocenters. The summed E-state index contributed by atoms with van der Waals surface area (Å²) in [6.07, 6.45) is 3.53. The van der Waals surface area contributed by atoms with Gasteiger partial charge in [-0.3, -0.25) is 0 Å². The van der Waals surface area contributed by atoms with Crippen LogP contribution >= 0.6 is 0 Å². The molecule has 0 N–H and O–H groups in total. The summed E-state index contributed by atoms with van der Waals surface area (Å²) in [6.45, 7) is 6.17. The second-order valence-electron chi connectivity index (χ2n) is 4.80. The van der Waals surface area contributed by atoms with Crippen LogP contribution in [-0.4, -0.2) is 5.92 Å². The van der Waals surface area contributed by atoms with Crippen molar-refractivity contribution < 1.29 is 8.78 Å². The smallest absolute Gasteiger partial charge is 0.206 e. The van der Waals surface area contributed by atoms with Gasteiger partial charge in [0.05, 0.1) is 0 Å². The molecule has 0 amide bonds. The van der Waals surface area contributed by atoms with E-state index < -0.39 is 11.3 Å².